The molecule has 0 radical (unpaired) electrons. The molecule has 1 atom stereocenters. The molecule has 1 unspecified atom stereocenters. The van der Waals surface area contributed by atoms with E-state index in [1.807, 2.05) is 6.92 Å². The van der Waals surface area contributed by atoms with Gasteiger partial charge >= 0.3 is 5.97 Å². The Morgan fingerprint density at radius 2 is 1.77 bits per heavy atom. The second-order valence-electron chi connectivity index (χ2n) is 7.86. The summed E-state index contributed by atoms with van der Waals surface area (Å²) in [4.78, 5) is 23.5. The van der Waals surface area contributed by atoms with Crippen LogP contribution in [-0.2, 0) is 17.2 Å². The molecule has 0 aliphatic carbocycles. The summed E-state index contributed by atoms with van der Waals surface area (Å²) in [7, 11) is -1.55. The van der Waals surface area contributed by atoms with Crippen LogP contribution in [0.1, 0.15) is 52.1 Å². The van der Waals surface area contributed by atoms with Crippen LogP contribution in [0.4, 0.5) is 5.69 Å². The fourth-order valence-electron chi connectivity index (χ4n) is 3.53. The number of hydrogen-bond donors (Lipinski definition) is 4. The van der Waals surface area contributed by atoms with E-state index in [2.05, 4.69) is 4.72 Å². The highest BCUT2D eigenvalue weighted by atomic mass is 32.3. The molecule has 0 aliphatic rings. The number of nitrogens with one attached hydrogen (secondary N) is 1. The number of ether oxygens (including phenoxy) is 1. The quantitative estimate of drug-likeness (QED) is 0.235. The Balaban J connectivity index is 1.76. The Morgan fingerprint density at radius 3 is 2.37 bits per heavy atom. The predicted molar refractivity (Wildman–Crippen MR) is 135 cm³/mol. The molecule has 186 valence electrons. The summed E-state index contributed by atoms with van der Waals surface area (Å²) in [5.41, 5.74) is 2.19. The lowest BCUT2D eigenvalue weighted by atomic mass is 10.0. The van der Waals surface area contributed by atoms with Crippen LogP contribution in [0, 0.1) is 0 Å². The molecule has 3 rings (SSSR count). The number of carbonyl (C=O) groups excluding carboxylic acids is 1. The average molecular weight is 500 g/mol. The number of phenolic OH excluding ortho intramolecular Hbond substituents is 1. The molecule has 0 spiro atoms. The molecule has 3 aromatic carbocycles. The molecule has 0 fully saturated rings. The van der Waals surface area contributed by atoms with Gasteiger partial charge in [0, 0.05) is 5.56 Å². The van der Waals surface area contributed by atoms with Crippen LogP contribution in [0.2, 0.25) is 0 Å². The van der Waals surface area contributed by atoms with E-state index in [4.69, 9.17) is 8.92 Å². The minimum atomic E-state index is -2.92. The monoisotopic (exact) mass is 499 g/mol. The van der Waals surface area contributed by atoms with Crippen LogP contribution in [0.15, 0.2) is 65.6 Å². The maximum Gasteiger partial charge on any atom is 0.335 e. The predicted octanol–water partition coefficient (Wildman–Crippen LogP) is 6.05. The third-order valence-electron chi connectivity index (χ3n) is 5.36. The summed E-state index contributed by atoms with van der Waals surface area (Å²) in [5, 5.41) is 19.7. The molecule has 35 heavy (non-hydrogen) atoms. The van der Waals surface area contributed by atoms with E-state index in [0.717, 1.165) is 12.0 Å². The minimum absolute atomic E-state index is 0.0426. The van der Waals surface area contributed by atoms with E-state index >= 15 is 0 Å². The van der Waals surface area contributed by atoms with Crippen molar-refractivity contribution in [2.75, 3.05) is 11.8 Å². The zero-order valence-corrected chi connectivity index (χ0v) is 20.6. The number of aromatic hydroxyl groups is 1. The van der Waals surface area contributed by atoms with Gasteiger partial charge in [0.05, 0.1) is 28.8 Å². The summed E-state index contributed by atoms with van der Waals surface area (Å²) >= 11 is 0. The zero-order valence-electron chi connectivity index (χ0n) is 19.8. The topological polar surface area (TPSA) is 125 Å². The van der Waals surface area contributed by atoms with Gasteiger partial charge in [-0.15, -0.1) is 0 Å². The van der Waals surface area contributed by atoms with Crippen LogP contribution in [0.5, 0.6) is 11.5 Å². The van der Waals surface area contributed by atoms with Gasteiger partial charge in [0.25, 0.3) is 0 Å². The largest absolute Gasteiger partial charge is 0.507 e. The lowest BCUT2D eigenvalue weighted by Gasteiger charge is -2.38. The maximum atomic E-state index is 11.8. The van der Waals surface area contributed by atoms with Crippen molar-refractivity contribution in [1.82, 2.24) is 0 Å². The molecule has 0 amide bonds. The van der Waals surface area contributed by atoms with Gasteiger partial charge in [0.1, 0.15) is 18.1 Å². The Bertz CT molecular complexity index is 1210. The van der Waals surface area contributed by atoms with Gasteiger partial charge in [0.15, 0.2) is 5.78 Å². The first-order valence-corrected chi connectivity index (χ1v) is 12.5. The molecular weight excluding hydrogens is 470 g/mol. The summed E-state index contributed by atoms with van der Waals surface area (Å²) in [6.45, 7) is 3.60. The molecule has 3 aromatic rings. The molecule has 0 saturated heterocycles. The summed E-state index contributed by atoms with van der Waals surface area (Å²) in [6.07, 6.45) is 1.35. The van der Waals surface area contributed by atoms with Gasteiger partial charge in [-0.05, 0) is 61.4 Å². The summed E-state index contributed by atoms with van der Waals surface area (Å²) in [5.74, 6) is -0.810. The molecule has 0 saturated carbocycles. The van der Waals surface area contributed by atoms with Crippen molar-refractivity contribution in [3.63, 3.8) is 0 Å². The lowest BCUT2D eigenvalue weighted by Crippen LogP contribution is -2.13. The number of aromatic carboxylic acids is 1. The highest BCUT2D eigenvalue weighted by Gasteiger charge is 2.20. The lowest BCUT2D eigenvalue weighted by molar-refractivity contribution is 0.0696. The zero-order chi connectivity index (χ0) is 25.6. The first-order chi connectivity index (χ1) is 16.7. The Labute approximate surface area is 206 Å². The van der Waals surface area contributed by atoms with Gasteiger partial charge < -0.3 is 14.9 Å². The number of anilines is 1. The number of carboxylic acids is 1. The highest BCUT2D eigenvalue weighted by molar-refractivity contribution is 8.26. The van der Waals surface area contributed by atoms with Crippen molar-refractivity contribution in [3.05, 3.63) is 82.9 Å². The minimum Gasteiger partial charge on any atom is -0.507 e. The first kappa shape index (κ1) is 26.1. The van der Waals surface area contributed by atoms with E-state index in [1.165, 1.54) is 26.2 Å². The number of Topliss-reactive ketones (excluding diaryl/α,β-unsaturated/α-hetero) is 1. The molecule has 0 heterocycles. The van der Waals surface area contributed by atoms with Crippen molar-refractivity contribution >= 4 is 28.2 Å². The van der Waals surface area contributed by atoms with E-state index in [1.54, 1.807) is 48.5 Å². The fraction of sp³-hybridized carbons (Fsp3) is 0.231. The van der Waals surface area contributed by atoms with Gasteiger partial charge in [-0.2, -0.15) is 0 Å². The molecule has 0 aliphatic heterocycles. The van der Waals surface area contributed by atoms with Gasteiger partial charge in [-0.25, -0.2) is 4.79 Å². The standard InChI is InChI=1S/C26H29NO7S/c1-4-6-23-24(14-13-22(17(2)28)25(23)29)34-16-18-9-11-21(12-10-18)35(32,33-3)27-20-8-5-7-19(15-20)26(30)31/h5,7-15,27,29,32H,4,6,16H2,1-3H3,(H,30,31). The van der Waals surface area contributed by atoms with Gasteiger partial charge in [0.2, 0.25) is 0 Å². The molecule has 0 aromatic heterocycles. The second-order valence-corrected chi connectivity index (χ2v) is 9.92. The number of rotatable bonds is 11. The number of hydrogen-bond acceptors (Lipinski definition) is 7. The third-order valence-corrected chi connectivity index (χ3v) is 7.27. The fourth-order valence-corrected chi connectivity index (χ4v) is 4.88. The number of phenols is 1. The number of ketones is 1. The normalized spacial score (nSPS) is 13.5. The summed E-state index contributed by atoms with van der Waals surface area (Å²) in [6, 6.07) is 16.3. The Kier molecular flexibility index (Phi) is 8.39. The Hall–Kier alpha value is -3.53. The molecular formula is C26H29NO7S. The molecule has 4 N–H and O–H groups in total. The van der Waals surface area contributed by atoms with Crippen molar-refractivity contribution < 1.29 is 33.3 Å². The van der Waals surface area contributed by atoms with E-state index in [9.17, 15) is 24.4 Å². The van der Waals surface area contributed by atoms with Crippen molar-refractivity contribution in [2.24, 2.45) is 0 Å². The summed E-state index contributed by atoms with van der Waals surface area (Å²) < 4.78 is 25.3. The highest BCUT2D eigenvalue weighted by Crippen LogP contribution is 2.52. The van der Waals surface area contributed by atoms with E-state index in [0.29, 0.717) is 28.3 Å². The van der Waals surface area contributed by atoms with E-state index in [-0.39, 0.29) is 29.3 Å². The van der Waals surface area contributed by atoms with Crippen LogP contribution in [0.25, 0.3) is 0 Å². The van der Waals surface area contributed by atoms with Crippen LogP contribution in [0.3, 0.4) is 0 Å². The molecule has 8 nitrogen and oxygen atoms in total. The van der Waals surface area contributed by atoms with Gasteiger partial charge in [-0.1, -0.05) is 42.3 Å². The van der Waals surface area contributed by atoms with Crippen LogP contribution < -0.4 is 9.46 Å². The Morgan fingerprint density at radius 1 is 1.06 bits per heavy atom. The second kappa shape index (κ2) is 11.3. The number of benzene rings is 3. The SMILES string of the molecule is CCCc1c(OCc2ccc(S(O)(Nc3cccc(C(=O)O)c3)OC)cc2)ccc(C(C)=O)c1O. The van der Waals surface area contributed by atoms with Crippen molar-refractivity contribution in [2.45, 2.75) is 38.2 Å². The van der Waals surface area contributed by atoms with Gasteiger partial charge in [-0.3, -0.25) is 18.3 Å². The van der Waals surface area contributed by atoms with Crippen LogP contribution in [-0.4, -0.2) is 33.6 Å². The maximum absolute atomic E-state index is 11.8. The number of carboxylic acid groups (broad SMARTS) is 1. The smallest absolute Gasteiger partial charge is 0.335 e. The molecule has 9 heteroatoms. The first-order valence-electron chi connectivity index (χ1n) is 11.0. The van der Waals surface area contributed by atoms with Crippen molar-refractivity contribution in [3.8, 4) is 11.5 Å². The van der Waals surface area contributed by atoms with Crippen molar-refractivity contribution in [1.29, 1.82) is 0 Å². The number of carbonyl (C=O) groups is 2. The van der Waals surface area contributed by atoms with Crippen LogP contribution >= 0.6 is 10.8 Å². The average Bonchev–Trinajstić information content (AvgIpc) is 2.84. The molecule has 0 bridgehead atoms. The third kappa shape index (κ3) is 6.13. The van der Waals surface area contributed by atoms with E-state index < -0.39 is 16.7 Å².